The van der Waals surface area contributed by atoms with Crippen molar-refractivity contribution in [3.63, 3.8) is 0 Å². The van der Waals surface area contributed by atoms with Crippen molar-refractivity contribution >= 4 is 45.1 Å². The lowest BCUT2D eigenvalue weighted by atomic mass is 10.0. The number of piperidine rings is 1. The average molecular weight is 515 g/mol. The number of carbonyl (C=O) groups excluding carboxylic acids is 2. The van der Waals surface area contributed by atoms with Gasteiger partial charge in [-0.1, -0.05) is 6.42 Å². The molecule has 33 heavy (non-hydrogen) atoms. The lowest BCUT2D eigenvalue weighted by Crippen LogP contribution is -2.40. The van der Waals surface area contributed by atoms with Crippen LogP contribution in [0.5, 0.6) is 0 Å². The van der Waals surface area contributed by atoms with Crippen molar-refractivity contribution in [2.45, 2.75) is 39.0 Å². The third-order valence-electron chi connectivity index (χ3n) is 6.97. The second-order valence-corrected chi connectivity index (χ2v) is 9.99. The summed E-state index contributed by atoms with van der Waals surface area (Å²) in [6, 6.07) is 2.70. The van der Waals surface area contributed by atoms with Gasteiger partial charge in [0.1, 0.15) is 5.82 Å². The summed E-state index contributed by atoms with van der Waals surface area (Å²) in [4.78, 5) is 33.9. The van der Waals surface area contributed by atoms with Crippen LogP contribution in [-0.2, 0) is 11.2 Å². The van der Waals surface area contributed by atoms with Gasteiger partial charge < -0.3 is 20.1 Å². The van der Waals surface area contributed by atoms with Gasteiger partial charge >= 0.3 is 0 Å². The predicted octanol–water partition coefficient (Wildman–Crippen LogP) is 4.59. The summed E-state index contributed by atoms with van der Waals surface area (Å²) < 4.78 is 14.5. The number of carbonyl (C=O) groups is 2. The number of aromatic nitrogens is 1. The number of rotatable bonds is 4. The summed E-state index contributed by atoms with van der Waals surface area (Å²) in [6.07, 6.45) is 7.21. The first-order chi connectivity index (χ1) is 15.9. The summed E-state index contributed by atoms with van der Waals surface area (Å²) in [5, 5.41) is 2.80. The summed E-state index contributed by atoms with van der Waals surface area (Å²) in [7, 11) is 0. The van der Waals surface area contributed by atoms with Gasteiger partial charge in [-0.05, 0) is 85.4 Å². The second-order valence-electron chi connectivity index (χ2n) is 9.14. The van der Waals surface area contributed by atoms with E-state index in [1.54, 1.807) is 6.08 Å². The Morgan fingerprint density at radius 3 is 2.67 bits per heavy atom. The van der Waals surface area contributed by atoms with Crippen LogP contribution in [0.25, 0.3) is 11.6 Å². The number of nitrogens with zero attached hydrogens (tertiary/aromatic N) is 2. The molecule has 1 aromatic carbocycles. The number of halogens is 2. The fourth-order valence-corrected chi connectivity index (χ4v) is 5.70. The Hall–Kier alpha value is -2.45. The van der Waals surface area contributed by atoms with Crippen LogP contribution in [-0.4, -0.2) is 59.3 Å². The van der Waals surface area contributed by atoms with Gasteiger partial charge in [0, 0.05) is 41.1 Å². The molecule has 0 unspecified atom stereocenters. The monoisotopic (exact) mass is 514 g/mol. The second kappa shape index (κ2) is 9.06. The molecular formula is C25H28BrFN4O2. The molecule has 0 radical (unpaired) electrons. The smallest absolute Gasteiger partial charge is 0.256 e. The van der Waals surface area contributed by atoms with Crippen LogP contribution in [0, 0.1) is 12.7 Å². The average Bonchev–Trinajstić information content (AvgIpc) is 3.21. The highest BCUT2D eigenvalue weighted by molar-refractivity contribution is 9.10. The minimum absolute atomic E-state index is 0.0583. The Labute approximate surface area is 201 Å². The molecular weight excluding hydrogens is 487 g/mol. The van der Waals surface area contributed by atoms with E-state index in [2.05, 4.69) is 31.1 Å². The highest BCUT2D eigenvalue weighted by atomic mass is 79.9. The Balaban J connectivity index is 1.43. The molecule has 174 valence electrons. The van der Waals surface area contributed by atoms with Gasteiger partial charge in [-0.2, -0.15) is 0 Å². The summed E-state index contributed by atoms with van der Waals surface area (Å²) >= 11 is 3.32. The maximum atomic E-state index is 14.0. The first kappa shape index (κ1) is 22.3. The molecule has 0 saturated carbocycles. The molecule has 3 aliphatic rings. The number of hydrogen-bond donors (Lipinski definition) is 2. The Morgan fingerprint density at radius 1 is 1.09 bits per heavy atom. The van der Waals surface area contributed by atoms with Crippen molar-refractivity contribution in [3.8, 4) is 0 Å². The normalized spacial score (nSPS) is 20.1. The molecule has 1 saturated heterocycles. The number of fused-ring (bicyclic) bond motifs is 2. The van der Waals surface area contributed by atoms with Gasteiger partial charge in [-0.15, -0.1) is 0 Å². The lowest BCUT2D eigenvalue weighted by molar-refractivity contribution is -0.110. The van der Waals surface area contributed by atoms with Gasteiger partial charge in [0.15, 0.2) is 0 Å². The van der Waals surface area contributed by atoms with Crippen molar-refractivity contribution in [1.82, 2.24) is 14.8 Å². The van der Waals surface area contributed by atoms with Crippen LogP contribution < -0.4 is 5.32 Å². The van der Waals surface area contributed by atoms with Crippen LogP contribution in [0.3, 0.4) is 0 Å². The zero-order valence-electron chi connectivity index (χ0n) is 18.8. The van der Waals surface area contributed by atoms with E-state index >= 15 is 0 Å². The molecule has 1 aromatic heterocycles. The number of H-pyrrole nitrogens is 1. The van der Waals surface area contributed by atoms with Gasteiger partial charge in [0.2, 0.25) is 0 Å². The quantitative estimate of drug-likeness (QED) is 0.586. The SMILES string of the molecule is Cc1c(/C=C2\C(=O)Nc3c(Br)cc(F)cc32)[nH]c2c1C(=O)N(CCN1CCCCC1)CCC2. The third-order valence-corrected chi connectivity index (χ3v) is 7.60. The fraction of sp³-hybridized carbons (Fsp3) is 0.440. The van der Waals surface area contributed by atoms with Crippen LogP contribution in [0.4, 0.5) is 10.1 Å². The van der Waals surface area contributed by atoms with Crippen molar-refractivity contribution < 1.29 is 14.0 Å². The zero-order valence-corrected chi connectivity index (χ0v) is 20.4. The number of aromatic amines is 1. The van der Waals surface area contributed by atoms with Crippen LogP contribution in [0.1, 0.15) is 58.6 Å². The molecule has 0 atom stereocenters. The van der Waals surface area contributed by atoms with Gasteiger partial charge in [0.25, 0.3) is 11.8 Å². The largest absolute Gasteiger partial charge is 0.358 e. The van der Waals surface area contributed by atoms with Crippen molar-refractivity contribution in [1.29, 1.82) is 0 Å². The molecule has 2 amide bonds. The number of anilines is 1. The summed E-state index contributed by atoms with van der Waals surface area (Å²) in [5.41, 5.74) is 4.68. The molecule has 3 aliphatic heterocycles. The van der Waals surface area contributed by atoms with Crippen LogP contribution in [0.2, 0.25) is 0 Å². The number of amides is 2. The maximum Gasteiger partial charge on any atom is 0.256 e. The fourth-order valence-electron chi connectivity index (χ4n) is 5.17. The number of nitrogens with one attached hydrogen (secondary N) is 2. The van der Waals surface area contributed by atoms with E-state index < -0.39 is 5.82 Å². The zero-order chi connectivity index (χ0) is 23.1. The van der Waals surface area contributed by atoms with Crippen molar-refractivity contribution in [2.75, 3.05) is 38.0 Å². The predicted molar refractivity (Wildman–Crippen MR) is 131 cm³/mol. The first-order valence-corrected chi connectivity index (χ1v) is 12.5. The van der Waals surface area contributed by atoms with E-state index in [1.807, 2.05) is 11.8 Å². The molecule has 1 fully saturated rings. The van der Waals surface area contributed by atoms with Crippen LogP contribution >= 0.6 is 15.9 Å². The van der Waals surface area contributed by atoms with E-state index in [1.165, 1.54) is 31.4 Å². The van der Waals surface area contributed by atoms with E-state index in [0.717, 1.165) is 68.1 Å². The molecule has 0 spiro atoms. The minimum Gasteiger partial charge on any atom is -0.358 e. The molecule has 0 bridgehead atoms. The summed E-state index contributed by atoms with van der Waals surface area (Å²) in [6.45, 7) is 6.57. The van der Waals surface area contributed by atoms with Gasteiger partial charge in [-0.3, -0.25) is 9.59 Å². The molecule has 2 aromatic rings. The Kier molecular flexibility index (Phi) is 6.14. The highest BCUT2D eigenvalue weighted by Crippen LogP contribution is 2.39. The lowest BCUT2D eigenvalue weighted by Gasteiger charge is -2.29. The van der Waals surface area contributed by atoms with Crippen LogP contribution in [0.15, 0.2) is 16.6 Å². The number of hydrogen-bond acceptors (Lipinski definition) is 3. The molecule has 6 nitrogen and oxygen atoms in total. The standard InChI is InChI=1S/C25H28BrFN4O2/c1-15-21(14-18-17-12-16(27)13-19(26)23(17)29-24(18)32)28-20-6-5-9-31(25(33)22(15)20)11-10-30-7-3-2-4-8-30/h12-14,28H,2-11H2,1H3,(H,29,32)/b18-14-. The molecule has 4 heterocycles. The number of benzene rings is 1. The first-order valence-electron chi connectivity index (χ1n) is 11.7. The highest BCUT2D eigenvalue weighted by Gasteiger charge is 2.30. The third kappa shape index (κ3) is 4.26. The molecule has 0 aliphatic carbocycles. The molecule has 5 rings (SSSR count). The minimum atomic E-state index is -0.415. The van der Waals surface area contributed by atoms with Crippen molar-refractivity contribution in [2.24, 2.45) is 0 Å². The number of likely N-dealkylation sites (tertiary alicyclic amines) is 1. The van der Waals surface area contributed by atoms with Crippen molar-refractivity contribution in [3.05, 3.63) is 50.5 Å². The maximum absolute atomic E-state index is 14.0. The molecule has 2 N–H and O–H groups in total. The van der Waals surface area contributed by atoms with E-state index in [4.69, 9.17) is 0 Å². The van der Waals surface area contributed by atoms with E-state index in [-0.39, 0.29) is 11.8 Å². The van der Waals surface area contributed by atoms with E-state index in [9.17, 15) is 14.0 Å². The molecule has 8 heteroatoms. The van der Waals surface area contributed by atoms with Gasteiger partial charge in [0.05, 0.1) is 16.8 Å². The Bertz CT molecular complexity index is 1150. The van der Waals surface area contributed by atoms with E-state index in [0.29, 0.717) is 21.3 Å². The van der Waals surface area contributed by atoms with Gasteiger partial charge in [-0.25, -0.2) is 4.39 Å². The topological polar surface area (TPSA) is 68.4 Å². The number of aryl methyl sites for hydroxylation is 1. The summed E-state index contributed by atoms with van der Waals surface area (Å²) in [5.74, 6) is -0.639. The Morgan fingerprint density at radius 2 is 1.88 bits per heavy atom.